The first-order chi connectivity index (χ1) is 13.2. The molecule has 6 nitrogen and oxygen atoms in total. The largest absolute Gasteiger partial charge is 0.491 e. The lowest BCUT2D eigenvalue weighted by Crippen LogP contribution is -2.25. The van der Waals surface area contributed by atoms with Gasteiger partial charge in [0.15, 0.2) is 5.82 Å². The molecule has 27 heavy (non-hydrogen) atoms. The van der Waals surface area contributed by atoms with Gasteiger partial charge in [-0.3, -0.25) is 0 Å². The van der Waals surface area contributed by atoms with Crippen molar-refractivity contribution in [3.8, 4) is 5.75 Å². The average molecular weight is 361 g/mol. The number of aryl methyl sites for hydroxylation is 1. The van der Waals surface area contributed by atoms with Crippen molar-refractivity contribution in [2.24, 2.45) is 0 Å². The van der Waals surface area contributed by atoms with Gasteiger partial charge in [0, 0.05) is 17.9 Å². The normalized spacial score (nSPS) is 13.4. The fourth-order valence-corrected chi connectivity index (χ4v) is 3.27. The van der Waals surface area contributed by atoms with Crippen LogP contribution < -0.4 is 15.0 Å². The van der Waals surface area contributed by atoms with Crippen LogP contribution in [0.4, 0.5) is 23.1 Å². The maximum absolute atomic E-state index is 5.67. The van der Waals surface area contributed by atoms with E-state index >= 15 is 0 Å². The molecule has 3 aromatic rings. The van der Waals surface area contributed by atoms with Gasteiger partial charge in [0.25, 0.3) is 0 Å². The molecule has 0 atom stereocenters. The molecule has 0 radical (unpaired) electrons. The maximum atomic E-state index is 5.67. The Hall–Kier alpha value is -3.15. The van der Waals surface area contributed by atoms with Crippen molar-refractivity contribution in [2.45, 2.75) is 32.8 Å². The summed E-state index contributed by atoms with van der Waals surface area (Å²) < 4.78 is 5.67. The van der Waals surface area contributed by atoms with Crippen LogP contribution in [0.3, 0.4) is 0 Å². The van der Waals surface area contributed by atoms with Gasteiger partial charge in [0.05, 0.1) is 12.3 Å². The van der Waals surface area contributed by atoms with Gasteiger partial charge in [0.1, 0.15) is 5.75 Å². The summed E-state index contributed by atoms with van der Waals surface area (Å²) in [6.07, 6.45) is 4.06. The van der Waals surface area contributed by atoms with Crippen LogP contribution in [0.1, 0.15) is 25.8 Å². The van der Waals surface area contributed by atoms with Gasteiger partial charge in [-0.1, -0.05) is 18.2 Å². The highest BCUT2D eigenvalue weighted by Crippen LogP contribution is 2.32. The van der Waals surface area contributed by atoms with Gasteiger partial charge in [-0.25, -0.2) is 0 Å². The van der Waals surface area contributed by atoms with Crippen LogP contribution in [-0.2, 0) is 6.42 Å². The van der Waals surface area contributed by atoms with E-state index in [1.54, 1.807) is 6.20 Å². The van der Waals surface area contributed by atoms with Crippen LogP contribution in [0, 0.1) is 0 Å². The number of anilines is 4. The molecule has 0 spiro atoms. The fraction of sp³-hybridized carbons (Fsp3) is 0.286. The third kappa shape index (κ3) is 4.00. The van der Waals surface area contributed by atoms with Crippen molar-refractivity contribution in [1.82, 2.24) is 15.2 Å². The summed E-state index contributed by atoms with van der Waals surface area (Å²) in [5.41, 5.74) is 3.44. The number of para-hydroxylation sites is 1. The number of hydrogen-bond acceptors (Lipinski definition) is 6. The second-order valence-corrected chi connectivity index (χ2v) is 6.84. The molecule has 0 amide bonds. The minimum atomic E-state index is 0.153. The summed E-state index contributed by atoms with van der Waals surface area (Å²) in [5.74, 6) is 2.13. The van der Waals surface area contributed by atoms with Gasteiger partial charge in [-0.15, -0.1) is 5.10 Å². The highest BCUT2D eigenvalue weighted by Gasteiger charge is 2.19. The molecule has 4 rings (SSSR count). The molecular formula is C21H23N5O. The monoisotopic (exact) mass is 361 g/mol. The first kappa shape index (κ1) is 17.3. The lowest BCUT2D eigenvalue weighted by atomic mass is 10.0. The molecule has 1 N–H and O–H groups in total. The van der Waals surface area contributed by atoms with E-state index in [2.05, 4.69) is 49.7 Å². The number of rotatable bonds is 5. The van der Waals surface area contributed by atoms with Gasteiger partial charge in [-0.2, -0.15) is 10.1 Å². The van der Waals surface area contributed by atoms with Crippen molar-refractivity contribution in [3.05, 3.63) is 60.3 Å². The summed E-state index contributed by atoms with van der Waals surface area (Å²) >= 11 is 0. The number of nitrogens with one attached hydrogen (secondary N) is 1. The van der Waals surface area contributed by atoms with E-state index in [-0.39, 0.29) is 6.10 Å². The summed E-state index contributed by atoms with van der Waals surface area (Å²) in [7, 11) is 0. The average Bonchev–Trinajstić information content (AvgIpc) is 2.69. The highest BCUT2D eigenvalue weighted by atomic mass is 16.5. The second kappa shape index (κ2) is 7.61. The quantitative estimate of drug-likeness (QED) is 0.722. The fourth-order valence-electron chi connectivity index (χ4n) is 3.27. The summed E-state index contributed by atoms with van der Waals surface area (Å²) in [5, 5.41) is 11.5. The lowest BCUT2D eigenvalue weighted by Gasteiger charge is -2.30. The molecule has 0 bridgehead atoms. The Morgan fingerprint density at radius 1 is 1.07 bits per heavy atom. The number of aromatic nitrogens is 3. The minimum Gasteiger partial charge on any atom is -0.491 e. The molecule has 138 valence electrons. The molecule has 1 aliphatic rings. The van der Waals surface area contributed by atoms with E-state index in [9.17, 15) is 0 Å². The maximum Gasteiger partial charge on any atom is 0.249 e. The Balaban J connectivity index is 1.53. The Bertz CT molecular complexity index is 910. The number of ether oxygens (including phenoxy) is 1. The van der Waals surface area contributed by atoms with E-state index in [4.69, 9.17) is 4.74 Å². The molecule has 2 aromatic carbocycles. The Morgan fingerprint density at radius 2 is 1.89 bits per heavy atom. The van der Waals surface area contributed by atoms with Crippen molar-refractivity contribution in [1.29, 1.82) is 0 Å². The molecular weight excluding hydrogens is 338 g/mol. The summed E-state index contributed by atoms with van der Waals surface area (Å²) in [6, 6.07) is 16.2. The molecule has 0 unspecified atom stereocenters. The number of hydrogen-bond donors (Lipinski definition) is 1. The number of fused-ring (bicyclic) bond motifs is 1. The molecule has 0 fully saturated rings. The molecule has 0 aliphatic carbocycles. The Morgan fingerprint density at radius 3 is 2.70 bits per heavy atom. The molecule has 0 saturated carbocycles. The zero-order chi connectivity index (χ0) is 18.6. The third-order valence-corrected chi connectivity index (χ3v) is 4.42. The highest BCUT2D eigenvalue weighted by molar-refractivity contribution is 5.66. The van der Waals surface area contributed by atoms with Crippen molar-refractivity contribution in [3.63, 3.8) is 0 Å². The minimum absolute atomic E-state index is 0.153. The molecule has 1 aromatic heterocycles. The first-order valence-corrected chi connectivity index (χ1v) is 9.28. The van der Waals surface area contributed by atoms with Gasteiger partial charge in [0.2, 0.25) is 5.95 Å². The SMILES string of the molecule is CC(C)Oc1ccc(Nc2nncc(N3CCCc4ccccc43)n2)cc1. The lowest BCUT2D eigenvalue weighted by molar-refractivity contribution is 0.242. The molecule has 1 aliphatic heterocycles. The second-order valence-electron chi connectivity index (χ2n) is 6.84. The van der Waals surface area contributed by atoms with E-state index in [1.165, 1.54) is 11.3 Å². The van der Waals surface area contributed by atoms with Crippen LogP contribution in [-0.4, -0.2) is 27.8 Å². The molecule has 2 heterocycles. The van der Waals surface area contributed by atoms with Gasteiger partial charge < -0.3 is 15.0 Å². The van der Waals surface area contributed by atoms with Crippen LogP contribution in [0.15, 0.2) is 54.7 Å². The van der Waals surface area contributed by atoms with E-state index < -0.39 is 0 Å². The van der Waals surface area contributed by atoms with E-state index in [0.717, 1.165) is 36.6 Å². The van der Waals surface area contributed by atoms with E-state index in [1.807, 2.05) is 38.1 Å². The van der Waals surface area contributed by atoms with Crippen molar-refractivity contribution >= 4 is 23.1 Å². The van der Waals surface area contributed by atoms with Crippen LogP contribution in [0.5, 0.6) is 5.75 Å². The first-order valence-electron chi connectivity index (χ1n) is 9.28. The number of benzene rings is 2. The Kier molecular flexibility index (Phi) is 4.87. The topological polar surface area (TPSA) is 63.2 Å². The predicted molar refractivity (Wildman–Crippen MR) is 107 cm³/mol. The summed E-state index contributed by atoms with van der Waals surface area (Å²) in [4.78, 5) is 6.88. The third-order valence-electron chi connectivity index (χ3n) is 4.42. The standard InChI is InChI=1S/C21H23N5O/c1-15(2)27-18-11-9-17(10-12-18)23-21-24-20(14-22-25-21)26-13-5-7-16-6-3-4-8-19(16)26/h3-4,6,8-12,14-15H,5,7,13H2,1-2H3,(H,23,24,25). The van der Waals surface area contributed by atoms with Crippen molar-refractivity contribution < 1.29 is 4.74 Å². The van der Waals surface area contributed by atoms with Gasteiger partial charge in [-0.05, 0) is 62.6 Å². The molecule has 0 saturated heterocycles. The summed E-state index contributed by atoms with van der Waals surface area (Å²) in [6.45, 7) is 4.95. The zero-order valence-corrected chi connectivity index (χ0v) is 15.6. The Labute approximate surface area is 159 Å². The zero-order valence-electron chi connectivity index (χ0n) is 15.6. The molecule has 6 heteroatoms. The van der Waals surface area contributed by atoms with Crippen molar-refractivity contribution in [2.75, 3.05) is 16.8 Å². The van der Waals surface area contributed by atoms with Gasteiger partial charge >= 0.3 is 0 Å². The van der Waals surface area contributed by atoms with Crippen LogP contribution in [0.25, 0.3) is 0 Å². The van der Waals surface area contributed by atoms with Crippen LogP contribution >= 0.6 is 0 Å². The van der Waals surface area contributed by atoms with E-state index in [0.29, 0.717) is 5.95 Å². The number of nitrogens with zero attached hydrogens (tertiary/aromatic N) is 4. The predicted octanol–water partition coefficient (Wildman–Crippen LogP) is 4.49. The van der Waals surface area contributed by atoms with Crippen LogP contribution in [0.2, 0.25) is 0 Å². The smallest absolute Gasteiger partial charge is 0.249 e.